The van der Waals surface area contributed by atoms with Gasteiger partial charge >= 0.3 is 0 Å². The van der Waals surface area contributed by atoms with E-state index < -0.39 is 0 Å². The number of hydrogen-bond acceptors (Lipinski definition) is 4. The fourth-order valence-corrected chi connectivity index (χ4v) is 9.46. The summed E-state index contributed by atoms with van der Waals surface area (Å²) in [5.41, 5.74) is 3.15. The van der Waals surface area contributed by atoms with Crippen LogP contribution in [-0.4, -0.2) is 5.75 Å². The maximum absolute atomic E-state index is 2.56. The second kappa shape index (κ2) is 12.1. The minimum Gasteiger partial charge on any atom is -0.147 e. The van der Waals surface area contributed by atoms with Crippen molar-refractivity contribution < 1.29 is 0 Å². The zero-order valence-corrected chi connectivity index (χ0v) is 22.8. The van der Waals surface area contributed by atoms with Gasteiger partial charge in [0.2, 0.25) is 0 Å². The Hall–Kier alpha value is -0.680. The summed E-state index contributed by atoms with van der Waals surface area (Å²) in [6, 6.07) is 6.85. The van der Waals surface area contributed by atoms with Crippen molar-refractivity contribution in [3.05, 3.63) is 66.8 Å². The molecule has 0 spiro atoms. The van der Waals surface area contributed by atoms with E-state index in [1.54, 1.807) is 20.3 Å². The lowest BCUT2D eigenvalue weighted by molar-refractivity contribution is 0.537. The van der Waals surface area contributed by atoms with Gasteiger partial charge in [-0.05, 0) is 53.1 Å². The first-order chi connectivity index (χ1) is 15.8. The van der Waals surface area contributed by atoms with Crippen molar-refractivity contribution in [2.24, 2.45) is 0 Å². The predicted octanol–water partition coefficient (Wildman–Crippen LogP) is 10.8. The highest BCUT2D eigenvalue weighted by Gasteiger charge is 2.42. The van der Waals surface area contributed by atoms with Crippen LogP contribution in [0.25, 0.3) is 10.4 Å². The Labute approximate surface area is 211 Å². The van der Waals surface area contributed by atoms with E-state index >= 15 is 0 Å². The molecule has 0 aromatic carbocycles. The van der Waals surface area contributed by atoms with E-state index in [2.05, 4.69) is 72.1 Å². The Morgan fingerprint density at radius 2 is 1.75 bits per heavy atom. The molecule has 2 aliphatic heterocycles. The van der Waals surface area contributed by atoms with Gasteiger partial charge in [0.25, 0.3) is 0 Å². The number of allylic oxidation sites excluding steroid dienone is 3. The van der Waals surface area contributed by atoms with Crippen LogP contribution in [-0.2, 0) is 5.41 Å². The lowest BCUT2D eigenvalue weighted by atomic mass is 9.78. The lowest BCUT2D eigenvalue weighted by Gasteiger charge is -2.31. The van der Waals surface area contributed by atoms with Gasteiger partial charge in [0.15, 0.2) is 0 Å². The second-order valence-corrected chi connectivity index (χ2v) is 12.7. The minimum absolute atomic E-state index is 0.0566. The van der Waals surface area contributed by atoms with Gasteiger partial charge in [-0.15, -0.1) is 46.2 Å². The molecular weight excluding hydrogens is 465 g/mol. The summed E-state index contributed by atoms with van der Waals surface area (Å²) in [7, 11) is 0. The Morgan fingerprint density at radius 1 is 0.906 bits per heavy atom. The van der Waals surface area contributed by atoms with Gasteiger partial charge in [-0.3, -0.25) is 0 Å². The molecule has 0 fully saturated rings. The van der Waals surface area contributed by atoms with Crippen molar-refractivity contribution in [1.82, 2.24) is 0 Å². The van der Waals surface area contributed by atoms with Crippen molar-refractivity contribution in [3.63, 3.8) is 0 Å². The quantitative estimate of drug-likeness (QED) is 0.266. The van der Waals surface area contributed by atoms with Crippen LogP contribution in [0.3, 0.4) is 0 Å². The van der Waals surface area contributed by atoms with Crippen molar-refractivity contribution in [2.75, 3.05) is 5.75 Å². The first-order valence-corrected chi connectivity index (χ1v) is 16.0. The highest BCUT2D eigenvalue weighted by molar-refractivity contribution is 8.08. The summed E-state index contributed by atoms with van der Waals surface area (Å²) >= 11 is 7.95. The average Bonchev–Trinajstić information content (AvgIpc) is 3.60. The van der Waals surface area contributed by atoms with Crippen molar-refractivity contribution in [3.8, 4) is 10.4 Å². The topological polar surface area (TPSA) is 0 Å². The smallest absolute Gasteiger partial charge is 0.0564 e. The van der Waals surface area contributed by atoms with E-state index in [1.165, 1.54) is 74.6 Å². The van der Waals surface area contributed by atoms with E-state index in [1.807, 2.05) is 34.4 Å². The molecule has 1 unspecified atom stereocenters. The molecule has 4 heteroatoms. The molecule has 0 bridgehead atoms. The summed E-state index contributed by atoms with van der Waals surface area (Å²) in [5.74, 6) is 1.15. The Morgan fingerprint density at radius 3 is 2.53 bits per heavy atom. The van der Waals surface area contributed by atoms with Crippen molar-refractivity contribution >= 4 is 46.2 Å². The first kappa shape index (κ1) is 24.4. The van der Waals surface area contributed by atoms with E-state index in [4.69, 9.17) is 0 Å². The number of thiophene rings is 2. The maximum atomic E-state index is 2.56. The normalized spacial score (nSPS) is 22.8. The Bertz CT molecular complexity index is 944. The molecule has 32 heavy (non-hydrogen) atoms. The maximum Gasteiger partial charge on any atom is 0.0564 e. The summed E-state index contributed by atoms with van der Waals surface area (Å²) in [6.45, 7) is 4.62. The molecule has 0 N–H and O–H groups in total. The van der Waals surface area contributed by atoms with Gasteiger partial charge in [-0.25, -0.2) is 0 Å². The number of unbranched alkanes of at least 4 members (excludes halogenated alkanes) is 6. The zero-order valence-electron chi connectivity index (χ0n) is 19.5. The van der Waals surface area contributed by atoms with E-state index in [0.717, 1.165) is 5.75 Å². The van der Waals surface area contributed by atoms with Crippen LogP contribution >= 0.6 is 46.2 Å². The molecule has 172 valence electrons. The van der Waals surface area contributed by atoms with Crippen LogP contribution in [0.1, 0.15) is 82.9 Å². The van der Waals surface area contributed by atoms with E-state index in [9.17, 15) is 0 Å². The van der Waals surface area contributed by atoms with Gasteiger partial charge in [-0.1, -0.05) is 77.0 Å². The van der Waals surface area contributed by atoms with Crippen LogP contribution < -0.4 is 0 Å². The molecule has 0 saturated heterocycles. The van der Waals surface area contributed by atoms with Crippen molar-refractivity contribution in [2.45, 2.75) is 83.5 Å². The number of hydrogen-bond donors (Lipinski definition) is 0. The summed E-state index contributed by atoms with van der Waals surface area (Å²) in [4.78, 5) is 6.22. The monoisotopic (exact) mass is 500 g/mol. The standard InChI is InChI=1S/C28H36S4/c1-3-5-7-9-12-22-14-19-30-25(22)27-28(17-21-32-27,16-10-8-6-4-2)26-23(15-20-31-26)24-13-11-18-29-24/h11,13-15,17-18,20-21H,3-10,12,16,19H2,1-2H3. The molecule has 1 atom stereocenters. The average molecular weight is 501 g/mol. The molecule has 0 amide bonds. The van der Waals surface area contributed by atoms with Crippen LogP contribution in [0.2, 0.25) is 0 Å². The van der Waals surface area contributed by atoms with Crippen LogP contribution in [0.5, 0.6) is 0 Å². The Balaban J connectivity index is 1.70. The molecule has 2 aromatic rings. The predicted molar refractivity (Wildman–Crippen MR) is 151 cm³/mol. The molecule has 0 saturated carbocycles. The first-order valence-electron chi connectivity index (χ1n) is 12.3. The molecule has 0 radical (unpaired) electrons. The minimum atomic E-state index is 0.0566. The molecular formula is C28H36S4. The third kappa shape index (κ3) is 5.35. The van der Waals surface area contributed by atoms with Crippen LogP contribution in [0.4, 0.5) is 0 Å². The third-order valence-corrected chi connectivity index (χ3v) is 10.9. The van der Waals surface area contributed by atoms with Gasteiger partial charge in [0.05, 0.1) is 5.41 Å². The fourth-order valence-electron chi connectivity index (χ4n) is 4.84. The molecule has 0 aliphatic carbocycles. The Kier molecular flexibility index (Phi) is 9.28. The molecule has 4 rings (SSSR count). The summed E-state index contributed by atoms with van der Waals surface area (Å²) < 4.78 is 0. The highest BCUT2D eigenvalue weighted by Crippen LogP contribution is 2.58. The van der Waals surface area contributed by atoms with E-state index in [0.29, 0.717) is 0 Å². The third-order valence-electron chi connectivity index (χ3n) is 6.58. The van der Waals surface area contributed by atoms with Crippen LogP contribution in [0, 0.1) is 0 Å². The summed E-state index contributed by atoms with van der Waals surface area (Å²) in [6.07, 6.45) is 18.2. The molecule has 2 aromatic heterocycles. The summed E-state index contributed by atoms with van der Waals surface area (Å²) in [5, 5.41) is 6.93. The lowest BCUT2D eigenvalue weighted by Crippen LogP contribution is -2.23. The van der Waals surface area contributed by atoms with Gasteiger partial charge in [0, 0.05) is 30.9 Å². The number of thioether (sulfide) groups is 2. The molecule has 4 heterocycles. The van der Waals surface area contributed by atoms with Gasteiger partial charge < -0.3 is 0 Å². The fraction of sp³-hybridized carbons (Fsp3) is 0.500. The largest absolute Gasteiger partial charge is 0.147 e. The second-order valence-electron chi connectivity index (χ2n) is 8.85. The van der Waals surface area contributed by atoms with Gasteiger partial charge in [-0.2, -0.15) is 0 Å². The van der Waals surface area contributed by atoms with Gasteiger partial charge in [0.1, 0.15) is 0 Å². The van der Waals surface area contributed by atoms with Crippen LogP contribution in [0.15, 0.2) is 61.9 Å². The SMILES string of the molecule is CCCCCCC1=CCSC1=C1SC=CC1(CCCCCC)c1sccc1-c1cccs1. The van der Waals surface area contributed by atoms with E-state index in [-0.39, 0.29) is 5.41 Å². The highest BCUT2D eigenvalue weighted by atomic mass is 32.2. The molecule has 0 nitrogen and oxygen atoms in total. The van der Waals surface area contributed by atoms with Crippen molar-refractivity contribution in [1.29, 1.82) is 0 Å². The number of rotatable bonds is 12. The zero-order chi connectivity index (χ0) is 22.2. The molecule has 2 aliphatic rings.